The summed E-state index contributed by atoms with van der Waals surface area (Å²) in [5.74, 6) is -1.89. The highest BCUT2D eigenvalue weighted by atomic mass is 19.4. The first-order valence-electron chi connectivity index (χ1n) is 4.82. The van der Waals surface area contributed by atoms with Crippen LogP contribution in [0, 0.1) is 5.92 Å². The minimum absolute atomic E-state index is 0.0273. The fourth-order valence-electron chi connectivity index (χ4n) is 1.20. The van der Waals surface area contributed by atoms with Gasteiger partial charge in [0, 0.05) is 0 Å². The van der Waals surface area contributed by atoms with Crippen molar-refractivity contribution in [3.63, 3.8) is 0 Å². The average Bonchev–Trinajstić information content (AvgIpc) is 2.20. The quantitative estimate of drug-likeness (QED) is 0.749. The molecule has 0 saturated carbocycles. The van der Waals surface area contributed by atoms with Gasteiger partial charge in [-0.2, -0.15) is 13.2 Å². The third-order valence-electron chi connectivity index (χ3n) is 1.99. The maximum absolute atomic E-state index is 12.0. The molecule has 0 radical (unpaired) electrons. The molecule has 1 N–H and O–H groups in total. The number of alkyl halides is 3. The SMILES string of the molecule is CC.O=C(O)C1CCC(C(F)(F)F)OC1. The van der Waals surface area contributed by atoms with E-state index in [1.165, 1.54) is 0 Å². The Balaban J connectivity index is 0.000000921. The van der Waals surface area contributed by atoms with Crippen LogP contribution in [0.15, 0.2) is 0 Å². The van der Waals surface area contributed by atoms with Crippen molar-refractivity contribution in [2.75, 3.05) is 6.61 Å². The highest BCUT2D eigenvalue weighted by Crippen LogP contribution is 2.31. The molecular weight excluding hydrogens is 213 g/mol. The maximum atomic E-state index is 12.0. The Kier molecular flexibility index (Phi) is 5.64. The summed E-state index contributed by atoms with van der Waals surface area (Å²) in [5.41, 5.74) is 0. The molecular formula is C9H15F3O3. The van der Waals surface area contributed by atoms with E-state index >= 15 is 0 Å². The Morgan fingerprint density at radius 1 is 1.33 bits per heavy atom. The molecule has 0 amide bonds. The second-order valence-electron chi connectivity index (χ2n) is 2.98. The fraction of sp³-hybridized carbons (Fsp3) is 0.889. The number of carbonyl (C=O) groups is 1. The summed E-state index contributed by atoms with van der Waals surface area (Å²) in [7, 11) is 0. The normalized spacial score (nSPS) is 26.5. The lowest BCUT2D eigenvalue weighted by Crippen LogP contribution is -2.39. The number of halogens is 3. The van der Waals surface area contributed by atoms with Gasteiger partial charge in [-0.1, -0.05) is 13.8 Å². The first-order valence-corrected chi connectivity index (χ1v) is 4.82. The smallest absolute Gasteiger partial charge is 0.414 e. The van der Waals surface area contributed by atoms with Crippen molar-refractivity contribution in [2.24, 2.45) is 5.92 Å². The molecule has 1 aliphatic rings. The second kappa shape index (κ2) is 5.95. The molecule has 0 aromatic heterocycles. The molecule has 1 aliphatic heterocycles. The standard InChI is InChI=1S/C7H9F3O3.C2H6/c8-7(9,10)5-2-1-4(3-13-5)6(11)12;1-2/h4-5H,1-3H2,(H,11,12);1-2H3. The van der Waals surface area contributed by atoms with Gasteiger partial charge in [-0.25, -0.2) is 0 Å². The van der Waals surface area contributed by atoms with Gasteiger partial charge in [0.25, 0.3) is 0 Å². The minimum Gasteiger partial charge on any atom is -0.481 e. The van der Waals surface area contributed by atoms with Gasteiger partial charge in [0.1, 0.15) is 0 Å². The molecule has 0 aromatic carbocycles. The summed E-state index contributed by atoms with van der Waals surface area (Å²) >= 11 is 0. The molecule has 90 valence electrons. The van der Waals surface area contributed by atoms with Gasteiger partial charge >= 0.3 is 12.1 Å². The first kappa shape index (κ1) is 14.2. The Labute approximate surface area is 86.2 Å². The van der Waals surface area contributed by atoms with Crippen molar-refractivity contribution in [1.82, 2.24) is 0 Å². The molecule has 2 unspecified atom stereocenters. The highest BCUT2D eigenvalue weighted by Gasteiger charge is 2.43. The van der Waals surface area contributed by atoms with Crippen LogP contribution in [-0.4, -0.2) is 30.0 Å². The van der Waals surface area contributed by atoms with Crippen LogP contribution < -0.4 is 0 Å². The summed E-state index contributed by atoms with van der Waals surface area (Å²) in [6.45, 7) is 3.65. The molecule has 1 saturated heterocycles. The molecule has 0 spiro atoms. The zero-order valence-corrected chi connectivity index (χ0v) is 8.67. The van der Waals surface area contributed by atoms with E-state index in [-0.39, 0.29) is 19.4 Å². The highest BCUT2D eigenvalue weighted by molar-refractivity contribution is 5.70. The van der Waals surface area contributed by atoms with Crippen LogP contribution in [0.2, 0.25) is 0 Å². The fourth-order valence-corrected chi connectivity index (χ4v) is 1.20. The van der Waals surface area contributed by atoms with Crippen molar-refractivity contribution in [1.29, 1.82) is 0 Å². The van der Waals surface area contributed by atoms with E-state index in [0.717, 1.165) is 0 Å². The zero-order valence-electron chi connectivity index (χ0n) is 8.67. The second-order valence-corrected chi connectivity index (χ2v) is 2.98. The van der Waals surface area contributed by atoms with Gasteiger partial charge in [0.2, 0.25) is 0 Å². The number of rotatable bonds is 1. The predicted octanol–water partition coefficient (Wildman–Crippen LogP) is 2.45. The topological polar surface area (TPSA) is 46.5 Å². The van der Waals surface area contributed by atoms with Gasteiger partial charge in [0.15, 0.2) is 6.10 Å². The lowest BCUT2D eigenvalue weighted by Gasteiger charge is -2.28. The molecule has 6 heteroatoms. The van der Waals surface area contributed by atoms with Crippen molar-refractivity contribution in [2.45, 2.75) is 39.0 Å². The van der Waals surface area contributed by atoms with Crippen LogP contribution in [0.25, 0.3) is 0 Å². The van der Waals surface area contributed by atoms with Crippen LogP contribution in [-0.2, 0) is 9.53 Å². The van der Waals surface area contributed by atoms with E-state index in [2.05, 4.69) is 4.74 Å². The predicted molar refractivity (Wildman–Crippen MR) is 47.5 cm³/mol. The van der Waals surface area contributed by atoms with Crippen LogP contribution >= 0.6 is 0 Å². The van der Waals surface area contributed by atoms with Crippen LogP contribution in [0.4, 0.5) is 13.2 Å². The van der Waals surface area contributed by atoms with Crippen LogP contribution in [0.5, 0.6) is 0 Å². The van der Waals surface area contributed by atoms with Gasteiger partial charge < -0.3 is 9.84 Å². The number of carboxylic acids is 1. The largest absolute Gasteiger partial charge is 0.481 e. The number of carboxylic acid groups (broad SMARTS) is 1. The number of hydrogen-bond donors (Lipinski definition) is 1. The van der Waals surface area contributed by atoms with Gasteiger partial charge in [-0.3, -0.25) is 4.79 Å². The lowest BCUT2D eigenvalue weighted by molar-refractivity contribution is -0.236. The zero-order chi connectivity index (χ0) is 12.1. The third kappa shape index (κ3) is 4.51. The van der Waals surface area contributed by atoms with Crippen LogP contribution in [0.1, 0.15) is 26.7 Å². The molecule has 0 aromatic rings. The summed E-state index contributed by atoms with van der Waals surface area (Å²) in [6.07, 6.45) is -6.40. The van der Waals surface area contributed by atoms with E-state index in [9.17, 15) is 18.0 Å². The Hall–Kier alpha value is -0.780. The summed E-state index contributed by atoms with van der Waals surface area (Å²) < 4.78 is 40.4. The molecule has 1 heterocycles. The van der Waals surface area contributed by atoms with Gasteiger partial charge in [-0.15, -0.1) is 0 Å². The summed E-state index contributed by atoms with van der Waals surface area (Å²) in [5, 5.41) is 8.47. The van der Waals surface area contributed by atoms with E-state index in [0.29, 0.717) is 0 Å². The van der Waals surface area contributed by atoms with Crippen molar-refractivity contribution in [3.8, 4) is 0 Å². The van der Waals surface area contributed by atoms with Crippen molar-refractivity contribution >= 4 is 5.97 Å². The molecule has 1 fully saturated rings. The molecule has 3 nitrogen and oxygen atoms in total. The van der Waals surface area contributed by atoms with E-state index < -0.39 is 24.2 Å². The van der Waals surface area contributed by atoms with Crippen molar-refractivity contribution < 1.29 is 27.8 Å². The summed E-state index contributed by atoms with van der Waals surface area (Å²) in [4.78, 5) is 10.3. The molecule has 15 heavy (non-hydrogen) atoms. The van der Waals surface area contributed by atoms with E-state index in [4.69, 9.17) is 5.11 Å². The Bertz CT molecular complexity index is 195. The average molecular weight is 228 g/mol. The summed E-state index contributed by atoms with van der Waals surface area (Å²) in [6, 6.07) is 0. The maximum Gasteiger partial charge on any atom is 0.414 e. The molecule has 2 atom stereocenters. The van der Waals surface area contributed by atoms with E-state index in [1.807, 2.05) is 13.8 Å². The van der Waals surface area contributed by atoms with Crippen LogP contribution in [0.3, 0.4) is 0 Å². The van der Waals surface area contributed by atoms with E-state index in [1.54, 1.807) is 0 Å². The molecule has 0 aliphatic carbocycles. The van der Waals surface area contributed by atoms with Crippen molar-refractivity contribution in [3.05, 3.63) is 0 Å². The Morgan fingerprint density at radius 2 is 1.87 bits per heavy atom. The first-order chi connectivity index (χ1) is 6.91. The van der Waals surface area contributed by atoms with Gasteiger partial charge in [0.05, 0.1) is 12.5 Å². The monoisotopic (exact) mass is 228 g/mol. The lowest BCUT2D eigenvalue weighted by atomic mass is 9.98. The number of hydrogen-bond acceptors (Lipinski definition) is 2. The Morgan fingerprint density at radius 3 is 2.13 bits per heavy atom. The number of aliphatic carboxylic acids is 1. The van der Waals surface area contributed by atoms with Gasteiger partial charge in [-0.05, 0) is 12.8 Å². The number of ether oxygens (including phenoxy) is 1. The third-order valence-corrected chi connectivity index (χ3v) is 1.99. The minimum atomic E-state index is -4.37. The molecule has 1 rings (SSSR count). The molecule has 0 bridgehead atoms.